The summed E-state index contributed by atoms with van der Waals surface area (Å²) in [6.07, 6.45) is 0. The van der Waals surface area contributed by atoms with E-state index in [-0.39, 0.29) is 11.7 Å². The normalized spacial score (nSPS) is 10.7. The Labute approximate surface area is 150 Å². The summed E-state index contributed by atoms with van der Waals surface area (Å²) in [7, 11) is 0. The molecule has 0 saturated carbocycles. The van der Waals surface area contributed by atoms with Gasteiger partial charge < -0.3 is 15.4 Å². The van der Waals surface area contributed by atoms with Gasteiger partial charge in [0.2, 0.25) is 11.0 Å². The van der Waals surface area contributed by atoms with Crippen LogP contribution < -0.4 is 15.4 Å². The lowest BCUT2D eigenvalue weighted by Crippen LogP contribution is -2.14. The Morgan fingerprint density at radius 2 is 2.12 bits per heavy atom. The van der Waals surface area contributed by atoms with Crippen LogP contribution in [0, 0.1) is 5.92 Å². The Morgan fingerprint density at radius 1 is 1.33 bits per heavy atom. The van der Waals surface area contributed by atoms with E-state index in [1.54, 1.807) is 0 Å². The summed E-state index contributed by atoms with van der Waals surface area (Å²) in [4.78, 5) is 12.1. The molecular formula is C16H22N4O2S2. The van der Waals surface area contributed by atoms with Crippen molar-refractivity contribution in [1.29, 1.82) is 0 Å². The zero-order chi connectivity index (χ0) is 17.4. The third kappa shape index (κ3) is 6.01. The van der Waals surface area contributed by atoms with Crippen molar-refractivity contribution in [3.8, 4) is 5.75 Å². The molecule has 24 heavy (non-hydrogen) atoms. The number of rotatable bonds is 9. The minimum atomic E-state index is -0.0981. The number of aromatic nitrogens is 2. The second kappa shape index (κ2) is 9.48. The summed E-state index contributed by atoms with van der Waals surface area (Å²) in [6.45, 7) is 7.59. The van der Waals surface area contributed by atoms with E-state index >= 15 is 0 Å². The van der Waals surface area contributed by atoms with E-state index in [0.717, 1.165) is 16.0 Å². The van der Waals surface area contributed by atoms with E-state index < -0.39 is 0 Å². The van der Waals surface area contributed by atoms with Crippen LogP contribution in [0.3, 0.4) is 0 Å². The summed E-state index contributed by atoms with van der Waals surface area (Å²) in [5.41, 5.74) is 0.682. The highest BCUT2D eigenvalue weighted by atomic mass is 32.2. The van der Waals surface area contributed by atoms with E-state index in [1.165, 1.54) is 23.1 Å². The number of hydrogen-bond donors (Lipinski definition) is 2. The molecule has 0 bridgehead atoms. The third-order valence-electron chi connectivity index (χ3n) is 2.86. The van der Waals surface area contributed by atoms with Crippen LogP contribution in [0.1, 0.15) is 20.8 Å². The minimum Gasteiger partial charge on any atom is -0.492 e. The summed E-state index contributed by atoms with van der Waals surface area (Å²) >= 11 is 2.83. The highest BCUT2D eigenvalue weighted by Crippen LogP contribution is 2.27. The molecule has 1 heterocycles. The number of benzene rings is 1. The molecule has 0 aliphatic heterocycles. The Kier molecular flexibility index (Phi) is 7.33. The van der Waals surface area contributed by atoms with Crippen LogP contribution in [-0.2, 0) is 4.79 Å². The van der Waals surface area contributed by atoms with Gasteiger partial charge in [0.05, 0.1) is 18.0 Å². The van der Waals surface area contributed by atoms with E-state index in [9.17, 15) is 4.79 Å². The van der Waals surface area contributed by atoms with Crippen LogP contribution in [0.15, 0.2) is 28.6 Å². The number of hydrogen-bond acceptors (Lipinski definition) is 7. The van der Waals surface area contributed by atoms with Gasteiger partial charge in [-0.15, -0.1) is 10.2 Å². The maximum atomic E-state index is 12.1. The molecule has 0 aliphatic rings. The Bertz CT molecular complexity index is 661. The first-order valence-electron chi connectivity index (χ1n) is 7.80. The molecule has 8 heteroatoms. The number of nitrogens with zero attached hydrogens (tertiary/aromatic N) is 2. The summed E-state index contributed by atoms with van der Waals surface area (Å²) in [5, 5.41) is 15.0. The molecule has 0 fully saturated rings. The standard InChI is InChI=1S/C16H22N4O2S2/c1-4-22-13-8-6-5-7-12(13)18-14(21)10-23-16-20-19-15(24-16)17-9-11(2)3/h5-8,11H,4,9-10H2,1-3H3,(H,17,19)(H,18,21). The van der Waals surface area contributed by atoms with E-state index in [1.807, 2.05) is 31.2 Å². The maximum Gasteiger partial charge on any atom is 0.234 e. The molecule has 1 aromatic heterocycles. The van der Waals surface area contributed by atoms with Crippen molar-refractivity contribution in [2.75, 3.05) is 29.5 Å². The maximum absolute atomic E-state index is 12.1. The molecule has 2 rings (SSSR count). The predicted molar refractivity (Wildman–Crippen MR) is 100 cm³/mol. The molecule has 2 aromatic rings. The predicted octanol–water partition coefficient (Wildman–Crippen LogP) is 3.74. The molecule has 2 N–H and O–H groups in total. The largest absolute Gasteiger partial charge is 0.492 e. The van der Waals surface area contributed by atoms with Gasteiger partial charge >= 0.3 is 0 Å². The second-order valence-electron chi connectivity index (χ2n) is 5.41. The number of ether oxygens (including phenoxy) is 1. The van der Waals surface area contributed by atoms with Crippen LogP contribution in [0.2, 0.25) is 0 Å². The first kappa shape index (κ1) is 18.5. The lowest BCUT2D eigenvalue weighted by atomic mass is 10.2. The van der Waals surface area contributed by atoms with Crippen molar-refractivity contribution in [2.24, 2.45) is 5.92 Å². The van der Waals surface area contributed by atoms with Crippen molar-refractivity contribution in [3.63, 3.8) is 0 Å². The first-order valence-corrected chi connectivity index (χ1v) is 9.60. The minimum absolute atomic E-state index is 0.0981. The van der Waals surface area contributed by atoms with E-state index in [2.05, 4.69) is 34.7 Å². The molecule has 0 atom stereocenters. The van der Waals surface area contributed by atoms with Gasteiger partial charge in [-0.2, -0.15) is 0 Å². The highest BCUT2D eigenvalue weighted by Gasteiger charge is 2.10. The average Bonchev–Trinajstić information content (AvgIpc) is 3.01. The van der Waals surface area contributed by atoms with Crippen molar-refractivity contribution in [3.05, 3.63) is 24.3 Å². The summed E-state index contributed by atoms with van der Waals surface area (Å²) in [6, 6.07) is 7.40. The van der Waals surface area contributed by atoms with Gasteiger partial charge in [-0.25, -0.2) is 0 Å². The van der Waals surface area contributed by atoms with E-state index in [0.29, 0.717) is 24.0 Å². The van der Waals surface area contributed by atoms with Crippen molar-refractivity contribution < 1.29 is 9.53 Å². The van der Waals surface area contributed by atoms with Crippen LogP contribution >= 0.6 is 23.1 Å². The lowest BCUT2D eigenvalue weighted by Gasteiger charge is -2.10. The van der Waals surface area contributed by atoms with Crippen LogP contribution in [-0.4, -0.2) is 35.0 Å². The molecule has 0 aliphatic carbocycles. The van der Waals surface area contributed by atoms with Crippen molar-refractivity contribution >= 4 is 39.8 Å². The summed E-state index contributed by atoms with van der Waals surface area (Å²) in [5.74, 6) is 1.40. The SMILES string of the molecule is CCOc1ccccc1NC(=O)CSc1nnc(NCC(C)C)s1. The number of anilines is 2. The monoisotopic (exact) mass is 366 g/mol. The Morgan fingerprint density at radius 3 is 2.88 bits per heavy atom. The fourth-order valence-electron chi connectivity index (χ4n) is 1.80. The number of nitrogens with one attached hydrogen (secondary N) is 2. The van der Waals surface area contributed by atoms with Gasteiger partial charge in [0.15, 0.2) is 4.34 Å². The summed E-state index contributed by atoms with van der Waals surface area (Å²) < 4.78 is 6.27. The number of amides is 1. The van der Waals surface area contributed by atoms with Gasteiger partial charge in [0, 0.05) is 6.54 Å². The smallest absolute Gasteiger partial charge is 0.234 e. The van der Waals surface area contributed by atoms with Crippen LogP contribution in [0.4, 0.5) is 10.8 Å². The zero-order valence-electron chi connectivity index (χ0n) is 14.0. The first-order chi connectivity index (χ1) is 11.6. The number of carbonyl (C=O) groups is 1. The van der Waals surface area contributed by atoms with Crippen LogP contribution in [0.25, 0.3) is 0 Å². The van der Waals surface area contributed by atoms with Gasteiger partial charge in [-0.05, 0) is 25.0 Å². The quantitative estimate of drug-likeness (QED) is 0.659. The molecule has 130 valence electrons. The molecule has 6 nitrogen and oxygen atoms in total. The molecule has 0 radical (unpaired) electrons. The van der Waals surface area contributed by atoms with Crippen molar-refractivity contribution in [1.82, 2.24) is 10.2 Å². The number of carbonyl (C=O) groups excluding carboxylic acids is 1. The fraction of sp³-hybridized carbons (Fsp3) is 0.438. The molecule has 0 unspecified atom stereocenters. The fourth-order valence-corrected chi connectivity index (χ4v) is 3.35. The molecular weight excluding hydrogens is 344 g/mol. The lowest BCUT2D eigenvalue weighted by molar-refractivity contribution is -0.113. The Balaban J connectivity index is 1.83. The molecule has 0 spiro atoms. The second-order valence-corrected chi connectivity index (χ2v) is 7.61. The third-order valence-corrected chi connectivity index (χ3v) is 4.87. The molecule has 1 amide bonds. The van der Waals surface area contributed by atoms with Gasteiger partial charge in [-0.3, -0.25) is 4.79 Å². The van der Waals surface area contributed by atoms with Gasteiger partial charge in [0.25, 0.3) is 0 Å². The number of para-hydroxylation sites is 2. The highest BCUT2D eigenvalue weighted by molar-refractivity contribution is 8.01. The average molecular weight is 367 g/mol. The van der Waals surface area contributed by atoms with Gasteiger partial charge in [0.1, 0.15) is 5.75 Å². The molecule has 1 aromatic carbocycles. The zero-order valence-corrected chi connectivity index (χ0v) is 15.7. The van der Waals surface area contributed by atoms with Crippen LogP contribution in [0.5, 0.6) is 5.75 Å². The number of thioether (sulfide) groups is 1. The topological polar surface area (TPSA) is 76.1 Å². The van der Waals surface area contributed by atoms with Gasteiger partial charge in [-0.1, -0.05) is 49.1 Å². The van der Waals surface area contributed by atoms with Crippen molar-refractivity contribution in [2.45, 2.75) is 25.1 Å². The molecule has 0 saturated heterocycles. The van der Waals surface area contributed by atoms with E-state index in [4.69, 9.17) is 4.74 Å². The Hall–Kier alpha value is -1.80.